The van der Waals surface area contributed by atoms with Crippen molar-refractivity contribution in [3.8, 4) is 0 Å². The van der Waals surface area contributed by atoms with Gasteiger partial charge in [-0.15, -0.1) is 0 Å². The van der Waals surface area contributed by atoms with E-state index >= 15 is 0 Å². The maximum atomic E-state index is 11.7. The van der Waals surface area contributed by atoms with Gasteiger partial charge in [0.2, 0.25) is 0 Å². The minimum atomic E-state index is -0.135. The van der Waals surface area contributed by atoms with Crippen molar-refractivity contribution < 1.29 is 4.79 Å². The molecule has 1 rings (SSSR count). The number of carbonyl (C=O) groups excluding carboxylic acids is 1. The first-order valence-electron chi connectivity index (χ1n) is 4.64. The molecule has 80 valence electrons. The summed E-state index contributed by atoms with van der Waals surface area (Å²) in [4.78, 5) is 12.0. The molecule has 0 fully saturated rings. The van der Waals surface area contributed by atoms with E-state index in [-0.39, 0.29) is 17.4 Å². The molecule has 1 amide bonds. The molecule has 3 nitrogen and oxygen atoms in total. The summed E-state index contributed by atoms with van der Waals surface area (Å²) in [6.45, 7) is 4.08. The van der Waals surface area contributed by atoms with Crippen LogP contribution < -0.4 is 11.1 Å². The molecule has 0 atom stereocenters. The lowest BCUT2D eigenvalue weighted by Gasteiger charge is -2.07. The molecule has 0 spiro atoms. The van der Waals surface area contributed by atoms with E-state index in [1.807, 2.05) is 32.0 Å². The first kappa shape index (κ1) is 11.7. The van der Waals surface area contributed by atoms with Crippen LogP contribution in [0, 0.1) is 13.8 Å². The third kappa shape index (κ3) is 3.32. The Hall–Kier alpha value is -1.42. The summed E-state index contributed by atoms with van der Waals surface area (Å²) >= 11 is 4.69. The van der Waals surface area contributed by atoms with Crippen LogP contribution in [0.3, 0.4) is 0 Å². The molecule has 1 aromatic carbocycles. The maximum Gasteiger partial charge on any atom is 0.251 e. The van der Waals surface area contributed by atoms with Gasteiger partial charge in [0.05, 0.1) is 11.5 Å². The number of nitrogens with two attached hydrogens (primary N) is 1. The number of hydrogen-bond donors (Lipinski definition) is 2. The van der Waals surface area contributed by atoms with E-state index in [1.54, 1.807) is 0 Å². The smallest absolute Gasteiger partial charge is 0.251 e. The van der Waals surface area contributed by atoms with Crippen molar-refractivity contribution in [2.24, 2.45) is 5.73 Å². The molecule has 0 saturated heterocycles. The molecule has 1 aromatic rings. The lowest BCUT2D eigenvalue weighted by Crippen LogP contribution is -2.32. The van der Waals surface area contributed by atoms with E-state index in [9.17, 15) is 4.79 Å². The highest BCUT2D eigenvalue weighted by atomic mass is 32.1. The number of amides is 1. The molecule has 0 saturated carbocycles. The van der Waals surface area contributed by atoms with Crippen LogP contribution in [-0.4, -0.2) is 17.4 Å². The number of rotatable bonds is 3. The Balaban J connectivity index is 2.81. The number of nitrogens with one attached hydrogen (secondary N) is 1. The summed E-state index contributed by atoms with van der Waals surface area (Å²) < 4.78 is 0. The van der Waals surface area contributed by atoms with E-state index in [0.717, 1.165) is 11.1 Å². The first-order valence-corrected chi connectivity index (χ1v) is 5.05. The molecule has 0 aliphatic carbocycles. The van der Waals surface area contributed by atoms with Gasteiger partial charge in [0.15, 0.2) is 0 Å². The average molecular weight is 222 g/mol. The Morgan fingerprint density at radius 3 is 2.73 bits per heavy atom. The third-order valence-electron chi connectivity index (χ3n) is 2.06. The minimum absolute atomic E-state index is 0.135. The zero-order valence-corrected chi connectivity index (χ0v) is 9.65. The predicted octanol–water partition coefficient (Wildman–Crippen LogP) is 1.32. The topological polar surface area (TPSA) is 55.1 Å². The molecule has 0 heterocycles. The molecule has 0 unspecified atom stereocenters. The van der Waals surface area contributed by atoms with Crippen LogP contribution in [0.2, 0.25) is 0 Å². The van der Waals surface area contributed by atoms with Crippen molar-refractivity contribution in [3.63, 3.8) is 0 Å². The van der Waals surface area contributed by atoms with Crippen LogP contribution in [-0.2, 0) is 0 Å². The molecular weight excluding hydrogens is 208 g/mol. The van der Waals surface area contributed by atoms with Gasteiger partial charge in [-0.1, -0.05) is 29.9 Å². The Bertz CT molecular complexity index is 402. The highest BCUT2D eigenvalue weighted by molar-refractivity contribution is 7.80. The Kier molecular flexibility index (Phi) is 3.80. The number of carbonyl (C=O) groups is 1. The summed E-state index contributed by atoms with van der Waals surface area (Å²) in [5.41, 5.74) is 7.98. The van der Waals surface area contributed by atoms with E-state index in [2.05, 4.69) is 17.5 Å². The van der Waals surface area contributed by atoms with Crippen LogP contribution in [0.4, 0.5) is 0 Å². The zero-order chi connectivity index (χ0) is 11.4. The molecule has 0 aliphatic rings. The minimum Gasteiger partial charge on any atom is -0.392 e. The lowest BCUT2D eigenvalue weighted by atomic mass is 10.1. The first-order chi connectivity index (χ1) is 7.00. The summed E-state index contributed by atoms with van der Waals surface area (Å²) in [6.07, 6.45) is 0. The van der Waals surface area contributed by atoms with Crippen LogP contribution in [0.5, 0.6) is 0 Å². The highest BCUT2D eigenvalue weighted by Crippen LogP contribution is 2.10. The van der Waals surface area contributed by atoms with Crippen molar-refractivity contribution in [2.75, 3.05) is 6.54 Å². The molecule has 4 heteroatoms. The molecule has 15 heavy (non-hydrogen) atoms. The predicted molar refractivity (Wildman–Crippen MR) is 65.0 cm³/mol. The van der Waals surface area contributed by atoms with E-state index < -0.39 is 0 Å². The van der Waals surface area contributed by atoms with Gasteiger partial charge in [0, 0.05) is 5.56 Å². The molecule has 3 N–H and O–H groups in total. The SMILES string of the molecule is Cc1ccc(C)c(C(=O)NCC(N)=S)c1. The lowest BCUT2D eigenvalue weighted by molar-refractivity contribution is 0.0958. The van der Waals surface area contributed by atoms with Crippen LogP contribution >= 0.6 is 12.2 Å². The van der Waals surface area contributed by atoms with E-state index in [4.69, 9.17) is 5.73 Å². The third-order valence-corrected chi connectivity index (χ3v) is 2.21. The fourth-order valence-corrected chi connectivity index (χ4v) is 1.32. The normalized spacial score (nSPS) is 9.73. The number of thiocarbonyl (C=S) groups is 1. The van der Waals surface area contributed by atoms with Gasteiger partial charge < -0.3 is 11.1 Å². The summed E-state index contributed by atoms with van der Waals surface area (Å²) in [5, 5.41) is 2.66. The second-order valence-corrected chi connectivity index (χ2v) is 3.99. The Morgan fingerprint density at radius 1 is 1.47 bits per heavy atom. The zero-order valence-electron chi connectivity index (χ0n) is 8.83. The molecule has 0 radical (unpaired) electrons. The fourth-order valence-electron chi connectivity index (χ4n) is 1.24. The molecule has 0 aromatic heterocycles. The van der Waals surface area contributed by atoms with Gasteiger partial charge >= 0.3 is 0 Å². The van der Waals surface area contributed by atoms with Crippen molar-refractivity contribution in [1.29, 1.82) is 0 Å². The largest absolute Gasteiger partial charge is 0.392 e. The number of aryl methyl sites for hydroxylation is 2. The summed E-state index contributed by atoms with van der Waals surface area (Å²) in [6, 6.07) is 5.74. The molecular formula is C11H14N2OS. The van der Waals surface area contributed by atoms with Crippen molar-refractivity contribution >= 4 is 23.1 Å². The van der Waals surface area contributed by atoms with Gasteiger partial charge in [-0.25, -0.2) is 0 Å². The van der Waals surface area contributed by atoms with Crippen LogP contribution in [0.25, 0.3) is 0 Å². The fraction of sp³-hybridized carbons (Fsp3) is 0.273. The average Bonchev–Trinajstić information content (AvgIpc) is 2.18. The second-order valence-electron chi connectivity index (χ2n) is 3.47. The Labute approximate surface area is 94.7 Å². The van der Waals surface area contributed by atoms with Gasteiger partial charge in [0.1, 0.15) is 0 Å². The van der Waals surface area contributed by atoms with Crippen molar-refractivity contribution in [1.82, 2.24) is 5.32 Å². The van der Waals surface area contributed by atoms with Gasteiger partial charge in [-0.2, -0.15) is 0 Å². The Morgan fingerprint density at radius 2 is 2.13 bits per heavy atom. The maximum absolute atomic E-state index is 11.7. The van der Waals surface area contributed by atoms with E-state index in [0.29, 0.717) is 5.56 Å². The second kappa shape index (κ2) is 4.89. The van der Waals surface area contributed by atoms with Gasteiger partial charge in [0.25, 0.3) is 5.91 Å². The van der Waals surface area contributed by atoms with E-state index in [1.165, 1.54) is 0 Å². The van der Waals surface area contributed by atoms with Crippen molar-refractivity contribution in [3.05, 3.63) is 34.9 Å². The molecule has 0 aliphatic heterocycles. The molecule has 0 bridgehead atoms. The van der Waals surface area contributed by atoms with Gasteiger partial charge in [-0.05, 0) is 25.5 Å². The quantitative estimate of drug-likeness (QED) is 0.758. The monoisotopic (exact) mass is 222 g/mol. The van der Waals surface area contributed by atoms with Gasteiger partial charge in [-0.3, -0.25) is 4.79 Å². The number of hydrogen-bond acceptors (Lipinski definition) is 2. The van der Waals surface area contributed by atoms with Crippen LogP contribution in [0.1, 0.15) is 21.5 Å². The summed E-state index contributed by atoms with van der Waals surface area (Å²) in [5.74, 6) is -0.135. The standard InChI is InChI=1S/C11H14N2OS/c1-7-3-4-8(2)9(5-7)11(14)13-6-10(12)15/h3-5H,6H2,1-2H3,(H2,12,15)(H,13,14). The highest BCUT2D eigenvalue weighted by Gasteiger charge is 2.08. The summed E-state index contributed by atoms with van der Waals surface area (Å²) in [7, 11) is 0. The number of benzene rings is 1. The van der Waals surface area contributed by atoms with Crippen molar-refractivity contribution in [2.45, 2.75) is 13.8 Å². The van der Waals surface area contributed by atoms with Crippen LogP contribution in [0.15, 0.2) is 18.2 Å².